The summed E-state index contributed by atoms with van der Waals surface area (Å²) in [6.45, 7) is 2.66. The molecule has 0 bridgehead atoms. The van der Waals surface area contributed by atoms with E-state index in [-0.39, 0.29) is 16.3 Å². The number of rotatable bonds is 5. The van der Waals surface area contributed by atoms with E-state index < -0.39 is 26.7 Å². The molecule has 2 heterocycles. The highest BCUT2D eigenvalue weighted by molar-refractivity contribution is 7.89. The van der Waals surface area contributed by atoms with Gasteiger partial charge in [0.1, 0.15) is 4.92 Å². The molecule has 0 unspecified atom stereocenters. The Morgan fingerprint density at radius 1 is 1.14 bits per heavy atom. The van der Waals surface area contributed by atoms with E-state index in [1.54, 1.807) is 19.1 Å². The van der Waals surface area contributed by atoms with Crippen LogP contribution >= 0.6 is 0 Å². The zero-order valence-electron chi connectivity index (χ0n) is 15.4. The lowest BCUT2D eigenvalue weighted by molar-refractivity contribution is -0.402. The van der Waals surface area contributed by atoms with Crippen LogP contribution in [0.5, 0.6) is 0 Å². The molecule has 1 N–H and O–H groups in total. The number of sulfonamides is 1. The van der Waals surface area contributed by atoms with Crippen molar-refractivity contribution in [2.45, 2.75) is 37.5 Å². The van der Waals surface area contributed by atoms with Crippen LogP contribution in [0.25, 0.3) is 0 Å². The van der Waals surface area contributed by atoms with Crippen LogP contribution in [0.3, 0.4) is 0 Å². The van der Waals surface area contributed by atoms with Crippen molar-refractivity contribution in [3.63, 3.8) is 0 Å². The van der Waals surface area contributed by atoms with Gasteiger partial charge in [-0.05, 0) is 43.5 Å². The number of carbonyl (C=O) groups excluding carboxylic acids is 1. The summed E-state index contributed by atoms with van der Waals surface area (Å²) in [5.74, 6) is -1.47. The number of nitrogens with one attached hydrogen (secondary N) is 1. The summed E-state index contributed by atoms with van der Waals surface area (Å²) in [5, 5.41) is 13.2. The van der Waals surface area contributed by atoms with Crippen LogP contribution in [0.2, 0.25) is 0 Å². The molecule has 1 aliphatic rings. The number of nitrogens with zero attached hydrogens (tertiary/aromatic N) is 2. The number of furan rings is 1. The molecule has 3 rings (SSSR count). The molecular formula is C18H21N3O6S. The molecule has 1 saturated heterocycles. The number of amides is 1. The summed E-state index contributed by atoms with van der Waals surface area (Å²) < 4.78 is 32.5. The maximum absolute atomic E-state index is 13.1. The molecule has 28 heavy (non-hydrogen) atoms. The predicted octanol–water partition coefficient (Wildman–Crippen LogP) is 3.31. The molecule has 9 nitrogen and oxygen atoms in total. The van der Waals surface area contributed by atoms with E-state index in [4.69, 9.17) is 4.42 Å². The molecule has 2 aromatic rings. The Morgan fingerprint density at radius 2 is 1.82 bits per heavy atom. The van der Waals surface area contributed by atoms with Crippen LogP contribution in [0.15, 0.2) is 39.6 Å². The van der Waals surface area contributed by atoms with Crippen LogP contribution in [0, 0.1) is 17.0 Å². The molecule has 1 amide bonds. The van der Waals surface area contributed by atoms with Gasteiger partial charge in [-0.25, -0.2) is 8.42 Å². The van der Waals surface area contributed by atoms with Gasteiger partial charge >= 0.3 is 5.88 Å². The Labute approximate surface area is 162 Å². The standard InChI is InChI=1S/C18H21N3O6S/c1-13-6-7-14(19-18(22)15-8-9-17(27-15)21(23)24)12-16(13)28(25,26)20-10-4-2-3-5-11-20/h6-9,12H,2-5,10-11H2,1H3,(H,19,22). The highest BCUT2D eigenvalue weighted by Gasteiger charge is 2.27. The minimum absolute atomic E-state index is 0.137. The maximum Gasteiger partial charge on any atom is 0.433 e. The second kappa shape index (κ2) is 8.11. The SMILES string of the molecule is Cc1ccc(NC(=O)c2ccc([N+](=O)[O-])o2)cc1S(=O)(=O)N1CCCCCC1. The van der Waals surface area contributed by atoms with Crippen molar-refractivity contribution < 1.29 is 22.6 Å². The summed E-state index contributed by atoms with van der Waals surface area (Å²) in [6.07, 6.45) is 3.67. The van der Waals surface area contributed by atoms with E-state index in [1.165, 1.54) is 16.4 Å². The molecular weight excluding hydrogens is 386 g/mol. The number of nitro groups is 1. The second-order valence-electron chi connectivity index (χ2n) is 6.65. The number of anilines is 1. The monoisotopic (exact) mass is 407 g/mol. The van der Waals surface area contributed by atoms with E-state index in [0.29, 0.717) is 18.7 Å². The molecule has 1 aromatic carbocycles. The summed E-state index contributed by atoms with van der Waals surface area (Å²) in [5.41, 5.74) is 0.846. The van der Waals surface area contributed by atoms with Crippen LogP contribution in [0.4, 0.5) is 11.6 Å². The maximum atomic E-state index is 13.1. The second-order valence-corrected chi connectivity index (χ2v) is 8.55. The van der Waals surface area contributed by atoms with Crippen molar-refractivity contribution in [1.82, 2.24) is 4.31 Å². The Balaban J connectivity index is 1.84. The zero-order valence-corrected chi connectivity index (χ0v) is 16.2. The van der Waals surface area contributed by atoms with Crippen LogP contribution in [-0.2, 0) is 10.0 Å². The van der Waals surface area contributed by atoms with Gasteiger partial charge in [0.05, 0.1) is 11.0 Å². The predicted molar refractivity (Wildman–Crippen MR) is 102 cm³/mol. The van der Waals surface area contributed by atoms with E-state index in [2.05, 4.69) is 5.32 Å². The Morgan fingerprint density at radius 3 is 2.43 bits per heavy atom. The van der Waals surface area contributed by atoms with E-state index in [1.807, 2.05) is 0 Å². The molecule has 0 aliphatic carbocycles. The van der Waals surface area contributed by atoms with Crippen molar-refractivity contribution in [3.8, 4) is 0 Å². The van der Waals surface area contributed by atoms with E-state index >= 15 is 0 Å². The van der Waals surface area contributed by atoms with Gasteiger partial charge in [-0.1, -0.05) is 18.9 Å². The lowest BCUT2D eigenvalue weighted by Gasteiger charge is -2.21. The third-order valence-electron chi connectivity index (χ3n) is 4.62. The average Bonchev–Trinajstić information content (AvgIpc) is 2.99. The Kier molecular flexibility index (Phi) is 5.80. The Hall–Kier alpha value is -2.72. The molecule has 10 heteroatoms. The summed E-state index contributed by atoms with van der Waals surface area (Å²) in [4.78, 5) is 22.3. The number of hydrogen-bond acceptors (Lipinski definition) is 6. The largest absolute Gasteiger partial charge is 0.433 e. The van der Waals surface area contributed by atoms with E-state index in [0.717, 1.165) is 31.7 Å². The quantitative estimate of drug-likeness (QED) is 0.599. The first-order valence-corrected chi connectivity index (χ1v) is 10.4. The van der Waals surface area contributed by atoms with Crippen LogP contribution in [-0.4, -0.2) is 36.6 Å². The average molecular weight is 407 g/mol. The van der Waals surface area contributed by atoms with Gasteiger partial charge in [0.2, 0.25) is 10.0 Å². The first kappa shape index (κ1) is 20.0. The first-order valence-electron chi connectivity index (χ1n) is 8.95. The summed E-state index contributed by atoms with van der Waals surface area (Å²) in [6, 6.07) is 6.87. The summed E-state index contributed by atoms with van der Waals surface area (Å²) >= 11 is 0. The molecule has 1 aliphatic heterocycles. The molecule has 0 radical (unpaired) electrons. The van der Waals surface area contributed by atoms with Gasteiger partial charge in [-0.2, -0.15) is 4.31 Å². The van der Waals surface area contributed by atoms with Gasteiger partial charge in [-0.3, -0.25) is 14.9 Å². The van der Waals surface area contributed by atoms with Gasteiger partial charge in [0.25, 0.3) is 5.91 Å². The highest BCUT2D eigenvalue weighted by Crippen LogP contribution is 2.26. The third-order valence-corrected chi connectivity index (χ3v) is 6.67. The van der Waals surface area contributed by atoms with Crippen LogP contribution < -0.4 is 5.32 Å². The van der Waals surface area contributed by atoms with Gasteiger partial charge < -0.3 is 9.73 Å². The molecule has 1 fully saturated rings. The van der Waals surface area contributed by atoms with Crippen LogP contribution in [0.1, 0.15) is 41.8 Å². The third kappa shape index (κ3) is 4.23. The molecule has 0 atom stereocenters. The lowest BCUT2D eigenvalue weighted by Crippen LogP contribution is -2.32. The van der Waals surface area contributed by atoms with E-state index in [9.17, 15) is 23.3 Å². The molecule has 0 saturated carbocycles. The molecule has 0 spiro atoms. The number of carbonyl (C=O) groups is 1. The fraction of sp³-hybridized carbons (Fsp3) is 0.389. The minimum atomic E-state index is -3.68. The van der Waals surface area contributed by atoms with Crippen molar-refractivity contribution in [3.05, 3.63) is 51.8 Å². The van der Waals surface area contributed by atoms with Gasteiger partial charge in [0.15, 0.2) is 5.76 Å². The fourth-order valence-electron chi connectivity index (χ4n) is 3.12. The van der Waals surface area contributed by atoms with Crippen molar-refractivity contribution >= 4 is 27.5 Å². The summed E-state index contributed by atoms with van der Waals surface area (Å²) in [7, 11) is -3.68. The minimum Gasteiger partial charge on any atom is -0.395 e. The first-order chi connectivity index (χ1) is 13.3. The van der Waals surface area contributed by atoms with Gasteiger partial charge in [-0.15, -0.1) is 0 Å². The van der Waals surface area contributed by atoms with Gasteiger partial charge in [0, 0.05) is 18.8 Å². The van der Waals surface area contributed by atoms with Crippen molar-refractivity contribution in [2.24, 2.45) is 0 Å². The van der Waals surface area contributed by atoms with Crippen molar-refractivity contribution in [2.75, 3.05) is 18.4 Å². The number of aryl methyl sites for hydroxylation is 1. The topological polar surface area (TPSA) is 123 Å². The number of hydrogen-bond donors (Lipinski definition) is 1. The Bertz CT molecular complexity index is 990. The lowest BCUT2D eigenvalue weighted by atomic mass is 10.2. The number of benzene rings is 1. The van der Waals surface area contributed by atoms with Crippen molar-refractivity contribution in [1.29, 1.82) is 0 Å². The fourth-order valence-corrected chi connectivity index (χ4v) is 4.89. The highest BCUT2D eigenvalue weighted by atomic mass is 32.2. The smallest absolute Gasteiger partial charge is 0.395 e. The zero-order chi connectivity index (χ0) is 20.3. The normalized spacial score (nSPS) is 15.8. The molecule has 1 aromatic heterocycles. The molecule has 150 valence electrons.